The van der Waals surface area contributed by atoms with Crippen LogP contribution in [0.2, 0.25) is 0 Å². The molecule has 1 saturated carbocycles. The van der Waals surface area contributed by atoms with E-state index in [1.54, 1.807) is 18.2 Å². The first-order chi connectivity index (χ1) is 9.53. The van der Waals surface area contributed by atoms with Gasteiger partial charge in [-0.25, -0.2) is 13.1 Å². The summed E-state index contributed by atoms with van der Waals surface area (Å²) in [6.45, 7) is 2.39. The summed E-state index contributed by atoms with van der Waals surface area (Å²) in [5.41, 5.74) is 1.62. The van der Waals surface area contributed by atoms with Crippen LogP contribution in [0.15, 0.2) is 23.1 Å². The Morgan fingerprint density at radius 3 is 2.75 bits per heavy atom. The molecule has 0 aromatic heterocycles. The second-order valence-electron chi connectivity index (χ2n) is 5.05. The summed E-state index contributed by atoms with van der Waals surface area (Å²) in [6.07, 6.45) is 2.64. The molecule has 1 aromatic carbocycles. The van der Waals surface area contributed by atoms with E-state index in [0.717, 1.165) is 24.0 Å². The first-order valence-corrected chi connectivity index (χ1v) is 8.21. The predicted octanol–water partition coefficient (Wildman–Crippen LogP) is 1.42. The van der Waals surface area contributed by atoms with Crippen LogP contribution in [-0.4, -0.2) is 26.7 Å². The summed E-state index contributed by atoms with van der Waals surface area (Å²) in [4.78, 5) is 0.281. The van der Waals surface area contributed by atoms with Crippen molar-refractivity contribution in [2.24, 2.45) is 5.92 Å². The van der Waals surface area contributed by atoms with E-state index in [2.05, 4.69) is 16.6 Å². The molecule has 0 spiro atoms. The third kappa shape index (κ3) is 4.07. The van der Waals surface area contributed by atoms with Crippen LogP contribution in [0.1, 0.15) is 30.4 Å². The molecule has 0 aliphatic heterocycles. The minimum atomic E-state index is -3.42. The Morgan fingerprint density at radius 1 is 1.40 bits per heavy atom. The molecule has 2 N–H and O–H groups in total. The fourth-order valence-electron chi connectivity index (χ4n) is 1.79. The zero-order valence-electron chi connectivity index (χ0n) is 11.5. The Hall–Kier alpha value is -1.35. The highest BCUT2D eigenvalue weighted by Crippen LogP contribution is 2.28. The van der Waals surface area contributed by atoms with Gasteiger partial charge in [0.05, 0.1) is 11.5 Å². The number of aryl methyl sites for hydroxylation is 1. The van der Waals surface area contributed by atoms with Crippen molar-refractivity contribution in [3.8, 4) is 11.8 Å². The highest BCUT2D eigenvalue weighted by molar-refractivity contribution is 7.89. The fraction of sp³-hybridized carbons (Fsp3) is 0.467. The van der Waals surface area contributed by atoms with E-state index in [-0.39, 0.29) is 11.5 Å². The van der Waals surface area contributed by atoms with E-state index >= 15 is 0 Å². The maximum Gasteiger partial charge on any atom is 0.240 e. The summed E-state index contributed by atoms with van der Waals surface area (Å²) in [6, 6.07) is 4.93. The average Bonchev–Trinajstić information content (AvgIpc) is 3.22. The Balaban J connectivity index is 2.13. The minimum Gasteiger partial charge on any atom is -0.395 e. The van der Waals surface area contributed by atoms with Crippen LogP contribution in [0, 0.1) is 24.7 Å². The van der Waals surface area contributed by atoms with Crippen LogP contribution in [0.4, 0.5) is 0 Å². The molecule has 0 saturated heterocycles. The lowest BCUT2D eigenvalue weighted by atomic mass is 10.1. The van der Waals surface area contributed by atoms with Crippen LogP contribution < -0.4 is 4.72 Å². The minimum absolute atomic E-state index is 0.0313. The molecule has 0 radical (unpaired) electrons. The zero-order valence-corrected chi connectivity index (χ0v) is 12.3. The van der Waals surface area contributed by atoms with Gasteiger partial charge in [0.15, 0.2) is 0 Å². The van der Waals surface area contributed by atoms with E-state index in [1.165, 1.54) is 0 Å². The van der Waals surface area contributed by atoms with Crippen molar-refractivity contribution in [1.29, 1.82) is 0 Å². The van der Waals surface area contributed by atoms with Gasteiger partial charge in [0.25, 0.3) is 0 Å². The van der Waals surface area contributed by atoms with Crippen LogP contribution in [-0.2, 0) is 10.0 Å². The number of aliphatic hydroxyl groups excluding tert-OH is 1. The molecule has 1 aromatic rings. The van der Waals surface area contributed by atoms with Gasteiger partial charge in [-0.15, -0.1) is 0 Å². The van der Waals surface area contributed by atoms with E-state index in [1.807, 2.05) is 6.92 Å². The van der Waals surface area contributed by atoms with Crippen molar-refractivity contribution in [2.75, 3.05) is 13.2 Å². The molecular formula is C15H19NO3S. The van der Waals surface area contributed by atoms with Gasteiger partial charge in [-0.3, -0.25) is 0 Å². The number of hydrogen-bond acceptors (Lipinski definition) is 3. The Bertz CT molecular complexity index is 637. The Kier molecular flexibility index (Phi) is 4.81. The van der Waals surface area contributed by atoms with Crippen LogP contribution in [0.5, 0.6) is 0 Å². The molecule has 20 heavy (non-hydrogen) atoms. The highest BCUT2D eigenvalue weighted by Gasteiger charge is 2.24. The smallest absolute Gasteiger partial charge is 0.240 e. The first kappa shape index (κ1) is 15.0. The number of benzene rings is 1. The van der Waals surface area contributed by atoms with E-state index < -0.39 is 10.0 Å². The van der Waals surface area contributed by atoms with Gasteiger partial charge in [0.2, 0.25) is 10.0 Å². The Labute approximate surface area is 120 Å². The molecular weight excluding hydrogens is 274 g/mol. The van der Waals surface area contributed by atoms with Gasteiger partial charge >= 0.3 is 0 Å². The lowest BCUT2D eigenvalue weighted by molar-refractivity contribution is 0.305. The molecule has 0 amide bonds. The molecule has 1 fully saturated rings. The number of hydrogen-bond donors (Lipinski definition) is 2. The number of nitrogens with one attached hydrogen (secondary N) is 1. The monoisotopic (exact) mass is 293 g/mol. The molecule has 1 aliphatic carbocycles. The molecule has 0 bridgehead atoms. The molecule has 0 heterocycles. The standard InChI is InChI=1S/C15H19NO3S/c1-12-10-15(8-7-14(12)4-2-3-9-17)20(18,19)16-11-13-5-6-13/h7-8,10,13,16-17H,3,5-6,9,11H2,1H3. The first-order valence-electron chi connectivity index (χ1n) is 6.73. The lowest BCUT2D eigenvalue weighted by Crippen LogP contribution is -2.25. The van der Waals surface area contributed by atoms with Gasteiger partial charge in [-0.05, 0) is 49.4 Å². The molecule has 5 heteroatoms. The van der Waals surface area contributed by atoms with Gasteiger partial charge in [-0.1, -0.05) is 11.8 Å². The SMILES string of the molecule is Cc1cc(S(=O)(=O)NCC2CC2)ccc1C#CCCO. The van der Waals surface area contributed by atoms with Crippen LogP contribution in [0.3, 0.4) is 0 Å². The van der Waals surface area contributed by atoms with E-state index in [0.29, 0.717) is 18.9 Å². The van der Waals surface area contributed by atoms with Crippen LogP contribution in [0.25, 0.3) is 0 Å². The molecule has 1 aliphatic rings. The largest absolute Gasteiger partial charge is 0.395 e. The molecule has 4 nitrogen and oxygen atoms in total. The molecule has 108 valence electrons. The van der Waals surface area contributed by atoms with E-state index in [4.69, 9.17) is 5.11 Å². The van der Waals surface area contributed by atoms with Gasteiger partial charge in [-0.2, -0.15) is 0 Å². The fourth-order valence-corrected chi connectivity index (χ4v) is 2.99. The van der Waals surface area contributed by atoms with Crippen molar-refractivity contribution in [3.05, 3.63) is 29.3 Å². The van der Waals surface area contributed by atoms with Crippen molar-refractivity contribution >= 4 is 10.0 Å². The third-order valence-electron chi connectivity index (χ3n) is 3.23. The number of aliphatic hydroxyl groups is 1. The molecule has 0 unspecified atom stereocenters. The van der Waals surface area contributed by atoms with Crippen molar-refractivity contribution in [1.82, 2.24) is 4.72 Å². The van der Waals surface area contributed by atoms with E-state index in [9.17, 15) is 8.42 Å². The second kappa shape index (κ2) is 6.40. The lowest BCUT2D eigenvalue weighted by Gasteiger charge is -2.07. The van der Waals surface area contributed by atoms with Crippen molar-refractivity contribution in [2.45, 2.75) is 31.1 Å². The summed E-state index contributed by atoms with van der Waals surface area (Å²) < 4.78 is 26.9. The number of rotatable bonds is 5. The van der Waals surface area contributed by atoms with Gasteiger partial charge < -0.3 is 5.11 Å². The van der Waals surface area contributed by atoms with Crippen LogP contribution >= 0.6 is 0 Å². The summed E-state index contributed by atoms with van der Waals surface area (Å²) in [7, 11) is -3.42. The second-order valence-corrected chi connectivity index (χ2v) is 6.81. The van der Waals surface area contributed by atoms with Crippen molar-refractivity contribution < 1.29 is 13.5 Å². The van der Waals surface area contributed by atoms with Crippen molar-refractivity contribution in [3.63, 3.8) is 0 Å². The molecule has 2 rings (SSSR count). The maximum atomic E-state index is 12.1. The highest BCUT2D eigenvalue weighted by atomic mass is 32.2. The summed E-state index contributed by atoms with van der Waals surface area (Å²) in [5.74, 6) is 6.27. The normalized spacial score (nSPS) is 14.7. The predicted molar refractivity (Wildman–Crippen MR) is 77.7 cm³/mol. The third-order valence-corrected chi connectivity index (χ3v) is 4.65. The van der Waals surface area contributed by atoms with Gasteiger partial charge in [0, 0.05) is 18.5 Å². The summed E-state index contributed by atoms with van der Waals surface area (Å²) in [5, 5.41) is 8.68. The zero-order chi connectivity index (χ0) is 14.6. The molecule has 0 atom stereocenters. The average molecular weight is 293 g/mol. The number of sulfonamides is 1. The summed E-state index contributed by atoms with van der Waals surface area (Å²) >= 11 is 0. The van der Waals surface area contributed by atoms with Gasteiger partial charge in [0.1, 0.15) is 0 Å². The quantitative estimate of drug-likeness (QED) is 0.807. The topological polar surface area (TPSA) is 66.4 Å². The Morgan fingerprint density at radius 2 is 2.15 bits per heavy atom. The maximum absolute atomic E-state index is 12.1.